The third kappa shape index (κ3) is 2.65. The van der Waals surface area contributed by atoms with Crippen molar-refractivity contribution in [1.29, 1.82) is 0 Å². The summed E-state index contributed by atoms with van der Waals surface area (Å²) in [6.07, 6.45) is 4.51. The molecule has 1 aromatic heterocycles. The molecule has 0 radical (unpaired) electrons. The molecule has 2 aliphatic rings. The highest BCUT2D eigenvalue weighted by Gasteiger charge is 2.48. The Bertz CT molecular complexity index is 1900. The smallest absolute Gasteiger partial charge is 0.132 e. The predicted octanol–water partition coefficient (Wildman–Crippen LogP) is 9.79. The molecule has 5 aromatic carbocycles. The van der Waals surface area contributed by atoms with Gasteiger partial charge in [-0.25, -0.2) is 0 Å². The molecule has 1 unspecified atom stereocenters. The van der Waals surface area contributed by atoms with Crippen LogP contribution in [0.1, 0.15) is 33.4 Å². The van der Waals surface area contributed by atoms with Crippen LogP contribution < -0.4 is 4.74 Å². The topological polar surface area (TPSA) is 9.23 Å². The molecule has 1 spiro atoms. The van der Waals surface area contributed by atoms with Gasteiger partial charge in [0, 0.05) is 35.8 Å². The summed E-state index contributed by atoms with van der Waals surface area (Å²) in [6, 6.07) is 37.3. The van der Waals surface area contributed by atoms with Crippen LogP contribution in [0.25, 0.3) is 32.3 Å². The highest BCUT2D eigenvalue weighted by Crippen LogP contribution is 2.59. The number of benzene rings is 5. The van der Waals surface area contributed by atoms with Gasteiger partial charge in [-0.15, -0.1) is 11.3 Å². The molecular weight excluding hydrogens is 524 g/mol. The molecule has 2 heterocycles. The summed E-state index contributed by atoms with van der Waals surface area (Å²) in [5, 5.41) is 2.53. The highest BCUT2D eigenvalue weighted by molar-refractivity contribution is 9.10. The lowest BCUT2D eigenvalue weighted by Crippen LogP contribution is -2.35. The van der Waals surface area contributed by atoms with Crippen molar-refractivity contribution in [2.24, 2.45) is 0 Å². The Morgan fingerprint density at radius 3 is 2.22 bits per heavy atom. The maximum Gasteiger partial charge on any atom is 0.132 e. The molecule has 6 aromatic rings. The summed E-state index contributed by atoms with van der Waals surface area (Å²) < 4.78 is 10.4. The number of para-hydroxylation sites is 1. The van der Waals surface area contributed by atoms with E-state index in [0.717, 1.165) is 16.0 Å². The fourth-order valence-electron chi connectivity index (χ4n) is 6.15. The van der Waals surface area contributed by atoms with Crippen LogP contribution in [0.3, 0.4) is 0 Å². The first-order chi connectivity index (χ1) is 17.7. The lowest BCUT2D eigenvalue weighted by atomic mass is 9.62. The monoisotopic (exact) mass is 542 g/mol. The average molecular weight is 543 g/mol. The largest absolute Gasteiger partial charge is 0.457 e. The molecular formula is C33H19BrOS. The van der Waals surface area contributed by atoms with Gasteiger partial charge in [0.25, 0.3) is 0 Å². The van der Waals surface area contributed by atoms with Gasteiger partial charge in [-0.2, -0.15) is 0 Å². The second kappa shape index (κ2) is 7.42. The SMILES string of the molecule is Brc1ccc2c(c1)C1(c3ccccc3C=C2)c2ccccc2Oc2cc3c(cc21)sc1ccccc13. The van der Waals surface area contributed by atoms with Crippen molar-refractivity contribution in [1.82, 2.24) is 0 Å². The van der Waals surface area contributed by atoms with E-state index in [0.29, 0.717) is 0 Å². The van der Waals surface area contributed by atoms with Crippen LogP contribution in [0.4, 0.5) is 0 Å². The molecule has 0 fully saturated rings. The van der Waals surface area contributed by atoms with Crippen molar-refractivity contribution < 1.29 is 4.74 Å². The van der Waals surface area contributed by atoms with Crippen LogP contribution in [0.2, 0.25) is 0 Å². The van der Waals surface area contributed by atoms with E-state index in [1.54, 1.807) is 0 Å². The molecule has 0 bridgehead atoms. The molecule has 1 atom stereocenters. The molecule has 0 N–H and O–H groups in total. The number of halogens is 1. The molecule has 0 saturated heterocycles. The maximum atomic E-state index is 6.71. The highest BCUT2D eigenvalue weighted by atomic mass is 79.9. The third-order valence-electron chi connectivity index (χ3n) is 7.62. The van der Waals surface area contributed by atoms with Crippen LogP contribution >= 0.6 is 27.3 Å². The quantitative estimate of drug-likeness (QED) is 0.185. The first-order valence-corrected chi connectivity index (χ1v) is 13.7. The molecule has 170 valence electrons. The minimum absolute atomic E-state index is 0.520. The van der Waals surface area contributed by atoms with Gasteiger partial charge >= 0.3 is 0 Å². The first kappa shape index (κ1) is 20.5. The Hall–Kier alpha value is -3.66. The summed E-state index contributed by atoms with van der Waals surface area (Å²) in [5.41, 5.74) is 6.82. The zero-order valence-electron chi connectivity index (χ0n) is 19.2. The van der Waals surface area contributed by atoms with Crippen LogP contribution in [0.15, 0.2) is 108 Å². The molecule has 1 aliphatic heterocycles. The number of fused-ring (bicyclic) bond motifs is 11. The molecule has 3 heteroatoms. The molecule has 1 nitrogen and oxygen atoms in total. The number of hydrogen-bond donors (Lipinski definition) is 0. The normalized spacial score (nSPS) is 17.2. The van der Waals surface area contributed by atoms with Gasteiger partial charge in [0.1, 0.15) is 11.5 Å². The fraction of sp³-hybridized carbons (Fsp3) is 0.0303. The summed E-state index contributed by atoms with van der Waals surface area (Å²) in [4.78, 5) is 0. The van der Waals surface area contributed by atoms with E-state index in [1.807, 2.05) is 11.3 Å². The van der Waals surface area contributed by atoms with Crippen molar-refractivity contribution in [3.05, 3.63) is 141 Å². The van der Waals surface area contributed by atoms with Gasteiger partial charge in [0.05, 0.1) is 5.41 Å². The predicted molar refractivity (Wildman–Crippen MR) is 154 cm³/mol. The van der Waals surface area contributed by atoms with Crippen LogP contribution in [0, 0.1) is 0 Å². The average Bonchev–Trinajstić information content (AvgIpc) is 3.21. The Labute approximate surface area is 221 Å². The van der Waals surface area contributed by atoms with Gasteiger partial charge in [0.15, 0.2) is 0 Å². The van der Waals surface area contributed by atoms with Gasteiger partial charge in [-0.1, -0.05) is 94.8 Å². The summed E-state index contributed by atoms with van der Waals surface area (Å²) in [5.74, 6) is 1.83. The molecule has 36 heavy (non-hydrogen) atoms. The second-order valence-electron chi connectivity index (χ2n) is 9.44. The van der Waals surface area contributed by atoms with Crippen LogP contribution in [-0.4, -0.2) is 0 Å². The van der Waals surface area contributed by atoms with Gasteiger partial charge in [-0.05, 0) is 58.7 Å². The van der Waals surface area contributed by atoms with Gasteiger partial charge in [-0.3, -0.25) is 0 Å². The molecule has 0 saturated carbocycles. The number of thiophene rings is 1. The molecule has 1 aliphatic carbocycles. The van der Waals surface area contributed by atoms with Crippen molar-refractivity contribution in [2.75, 3.05) is 0 Å². The summed E-state index contributed by atoms with van der Waals surface area (Å²) >= 11 is 5.65. The van der Waals surface area contributed by atoms with E-state index in [-0.39, 0.29) is 0 Å². The van der Waals surface area contributed by atoms with Crippen LogP contribution in [0.5, 0.6) is 11.5 Å². The zero-order valence-corrected chi connectivity index (χ0v) is 21.6. The van der Waals surface area contributed by atoms with E-state index in [2.05, 4.69) is 131 Å². The Balaban J connectivity index is 1.61. The molecule has 8 rings (SSSR count). The van der Waals surface area contributed by atoms with E-state index >= 15 is 0 Å². The fourth-order valence-corrected chi connectivity index (χ4v) is 7.63. The van der Waals surface area contributed by atoms with E-state index in [4.69, 9.17) is 4.74 Å². The maximum absolute atomic E-state index is 6.71. The minimum Gasteiger partial charge on any atom is -0.457 e. The third-order valence-corrected chi connectivity index (χ3v) is 9.25. The van der Waals surface area contributed by atoms with Gasteiger partial charge in [0.2, 0.25) is 0 Å². The first-order valence-electron chi connectivity index (χ1n) is 12.0. The second-order valence-corrected chi connectivity index (χ2v) is 11.4. The standard InChI is InChI=1S/C33H19BrOS/c34-22-16-15-21-14-13-20-7-1-3-9-25(20)33(27(21)17-22)26-10-4-5-11-29(26)35-30-18-24-23-8-2-6-12-31(23)36-32(24)19-28(30)33/h1-19H. The number of rotatable bonds is 0. The van der Waals surface area contributed by atoms with E-state index < -0.39 is 5.41 Å². The van der Waals surface area contributed by atoms with Crippen molar-refractivity contribution >= 4 is 59.6 Å². The minimum atomic E-state index is -0.520. The Morgan fingerprint density at radius 2 is 1.31 bits per heavy atom. The van der Waals surface area contributed by atoms with E-state index in [9.17, 15) is 0 Å². The number of ether oxygens (including phenoxy) is 1. The Morgan fingerprint density at radius 1 is 0.556 bits per heavy atom. The summed E-state index contributed by atoms with van der Waals surface area (Å²) in [7, 11) is 0. The number of hydrogen-bond acceptors (Lipinski definition) is 2. The Kier molecular flexibility index (Phi) is 4.23. The summed E-state index contributed by atoms with van der Waals surface area (Å²) in [6.45, 7) is 0. The van der Waals surface area contributed by atoms with Crippen molar-refractivity contribution in [3.63, 3.8) is 0 Å². The van der Waals surface area contributed by atoms with E-state index in [1.165, 1.54) is 53.6 Å². The zero-order chi connectivity index (χ0) is 23.9. The van der Waals surface area contributed by atoms with Crippen LogP contribution in [-0.2, 0) is 5.41 Å². The van der Waals surface area contributed by atoms with Crippen molar-refractivity contribution in [2.45, 2.75) is 5.41 Å². The lowest BCUT2D eigenvalue weighted by Gasteiger charge is -2.42. The lowest BCUT2D eigenvalue weighted by molar-refractivity contribution is 0.435. The van der Waals surface area contributed by atoms with Crippen molar-refractivity contribution in [3.8, 4) is 11.5 Å². The molecule has 0 amide bonds. The van der Waals surface area contributed by atoms with Gasteiger partial charge < -0.3 is 4.74 Å².